The van der Waals surface area contributed by atoms with E-state index in [2.05, 4.69) is 0 Å². The average Bonchev–Trinajstić information content (AvgIpc) is 2.59. The van der Waals surface area contributed by atoms with Crippen molar-refractivity contribution >= 4 is 22.3 Å². The zero-order chi connectivity index (χ0) is 16.0. The third-order valence-electron chi connectivity index (χ3n) is 3.36. The van der Waals surface area contributed by atoms with E-state index in [0.29, 0.717) is 10.4 Å². The summed E-state index contributed by atoms with van der Waals surface area (Å²) in [5, 5.41) is 0.247. The number of esters is 1. The predicted octanol–water partition coefficient (Wildman–Crippen LogP) is 3.95. The molecule has 7 heteroatoms. The van der Waals surface area contributed by atoms with E-state index in [9.17, 15) is 18.0 Å². The molecule has 0 radical (unpaired) electrons. The molecular formula is C14H18F3NO2S. The van der Waals surface area contributed by atoms with Crippen molar-refractivity contribution in [2.45, 2.75) is 51.8 Å². The van der Waals surface area contributed by atoms with Gasteiger partial charge in [-0.25, -0.2) is 4.79 Å². The topological polar surface area (TPSA) is 52.3 Å². The van der Waals surface area contributed by atoms with Gasteiger partial charge < -0.3 is 10.5 Å². The molecule has 2 rings (SSSR count). The number of nitrogens with two attached hydrogens (primary N) is 1. The van der Waals surface area contributed by atoms with Gasteiger partial charge in [0.1, 0.15) is 10.6 Å². The highest BCUT2D eigenvalue weighted by molar-refractivity contribution is 7.16. The van der Waals surface area contributed by atoms with Gasteiger partial charge >= 0.3 is 12.1 Å². The molecule has 0 spiro atoms. The lowest BCUT2D eigenvalue weighted by Crippen LogP contribution is -2.29. The van der Waals surface area contributed by atoms with Crippen LogP contribution < -0.4 is 5.73 Å². The van der Waals surface area contributed by atoms with Gasteiger partial charge in [0.2, 0.25) is 0 Å². The summed E-state index contributed by atoms with van der Waals surface area (Å²) in [6.07, 6.45) is -4.11. The maximum absolute atomic E-state index is 12.8. The number of ether oxygens (including phenoxy) is 1. The molecule has 1 atom stereocenters. The van der Waals surface area contributed by atoms with Crippen molar-refractivity contribution in [1.82, 2.24) is 0 Å². The van der Waals surface area contributed by atoms with Crippen LogP contribution in [0.15, 0.2) is 0 Å². The number of rotatable bonds is 1. The van der Waals surface area contributed by atoms with Crippen LogP contribution in [0, 0.1) is 5.92 Å². The summed E-state index contributed by atoms with van der Waals surface area (Å²) in [6, 6.07) is 0. The van der Waals surface area contributed by atoms with Crippen LogP contribution in [0.3, 0.4) is 0 Å². The molecule has 1 aliphatic carbocycles. The Bertz CT molecular complexity index is 558. The first kappa shape index (κ1) is 16.1. The van der Waals surface area contributed by atoms with E-state index in [0.717, 1.165) is 11.3 Å². The number of hydrogen-bond acceptors (Lipinski definition) is 4. The number of halogens is 3. The number of nitrogen functional groups attached to an aromatic ring is 1. The van der Waals surface area contributed by atoms with Crippen LogP contribution in [0.1, 0.15) is 48.0 Å². The van der Waals surface area contributed by atoms with Crippen LogP contribution in [-0.2, 0) is 17.6 Å². The van der Waals surface area contributed by atoms with Gasteiger partial charge in [-0.05, 0) is 45.6 Å². The van der Waals surface area contributed by atoms with E-state index >= 15 is 0 Å². The van der Waals surface area contributed by atoms with Crippen molar-refractivity contribution < 1.29 is 22.7 Å². The van der Waals surface area contributed by atoms with Gasteiger partial charge in [-0.3, -0.25) is 0 Å². The third-order valence-corrected chi connectivity index (χ3v) is 4.44. The van der Waals surface area contributed by atoms with E-state index in [1.165, 1.54) is 0 Å². The molecule has 0 bridgehead atoms. The monoisotopic (exact) mass is 321 g/mol. The molecule has 1 unspecified atom stereocenters. The fourth-order valence-corrected chi connectivity index (χ4v) is 3.63. The number of alkyl halides is 3. The minimum absolute atomic E-state index is 0.0114. The largest absolute Gasteiger partial charge is 0.456 e. The second kappa shape index (κ2) is 5.19. The smallest absolute Gasteiger partial charge is 0.392 e. The van der Waals surface area contributed by atoms with Gasteiger partial charge in [0.05, 0.1) is 11.5 Å². The van der Waals surface area contributed by atoms with Gasteiger partial charge in [0.25, 0.3) is 0 Å². The van der Waals surface area contributed by atoms with Gasteiger partial charge in [0, 0.05) is 4.88 Å². The summed E-state index contributed by atoms with van der Waals surface area (Å²) in [4.78, 5) is 12.7. The minimum atomic E-state index is -4.21. The molecule has 0 fully saturated rings. The van der Waals surface area contributed by atoms with Crippen molar-refractivity contribution in [2.75, 3.05) is 5.73 Å². The number of carbonyl (C=O) groups is 1. The normalized spacial score (nSPS) is 19.2. The molecule has 0 aromatic carbocycles. The summed E-state index contributed by atoms with van der Waals surface area (Å²) >= 11 is 1.07. The van der Waals surface area contributed by atoms with Crippen molar-refractivity contribution in [2.24, 2.45) is 5.92 Å². The highest BCUT2D eigenvalue weighted by Crippen LogP contribution is 2.43. The number of thiophene rings is 1. The number of fused-ring (bicyclic) bond motifs is 1. The maximum atomic E-state index is 12.8. The molecular weight excluding hydrogens is 303 g/mol. The molecule has 1 aromatic heterocycles. The molecule has 21 heavy (non-hydrogen) atoms. The molecule has 0 amide bonds. The van der Waals surface area contributed by atoms with Gasteiger partial charge in [-0.1, -0.05) is 0 Å². The summed E-state index contributed by atoms with van der Waals surface area (Å²) in [5.74, 6) is -1.91. The standard InChI is InChI=1S/C14H18F3NO2S/c1-13(2,3)20-12(19)10-8-5-4-7(14(15,16)17)6-9(8)21-11(10)18/h7H,4-6,18H2,1-3H3. The Morgan fingerprint density at radius 2 is 1.95 bits per heavy atom. The van der Waals surface area contributed by atoms with E-state index in [1.807, 2.05) is 0 Å². The zero-order valence-corrected chi connectivity index (χ0v) is 13.0. The molecule has 0 saturated carbocycles. The van der Waals surface area contributed by atoms with E-state index in [1.54, 1.807) is 20.8 Å². The minimum Gasteiger partial charge on any atom is -0.456 e. The van der Waals surface area contributed by atoms with Crippen LogP contribution in [0.2, 0.25) is 0 Å². The second-order valence-corrected chi connectivity index (χ2v) is 7.36. The lowest BCUT2D eigenvalue weighted by molar-refractivity contribution is -0.176. The zero-order valence-electron chi connectivity index (χ0n) is 12.1. The molecule has 2 N–H and O–H groups in total. The van der Waals surface area contributed by atoms with Crippen LogP contribution in [-0.4, -0.2) is 17.7 Å². The lowest BCUT2D eigenvalue weighted by Gasteiger charge is -2.25. The van der Waals surface area contributed by atoms with Crippen LogP contribution in [0.5, 0.6) is 0 Å². The SMILES string of the molecule is CC(C)(C)OC(=O)c1c(N)sc2c1CCC(C(F)(F)F)C2. The molecule has 1 aliphatic rings. The van der Waals surface area contributed by atoms with Crippen molar-refractivity contribution in [1.29, 1.82) is 0 Å². The molecule has 118 valence electrons. The first-order valence-corrected chi connectivity index (χ1v) is 7.51. The van der Waals surface area contributed by atoms with Gasteiger partial charge in [-0.15, -0.1) is 11.3 Å². The molecule has 1 heterocycles. The average molecular weight is 321 g/mol. The molecule has 0 aliphatic heterocycles. The van der Waals surface area contributed by atoms with E-state index < -0.39 is 23.7 Å². The number of anilines is 1. The number of hydrogen-bond donors (Lipinski definition) is 1. The van der Waals surface area contributed by atoms with E-state index in [4.69, 9.17) is 10.5 Å². The Morgan fingerprint density at radius 3 is 2.48 bits per heavy atom. The third kappa shape index (κ3) is 3.51. The Kier molecular flexibility index (Phi) is 3.99. The number of carbonyl (C=O) groups excluding carboxylic acids is 1. The second-order valence-electron chi connectivity index (χ2n) is 6.23. The highest BCUT2D eigenvalue weighted by Gasteiger charge is 2.43. The summed E-state index contributed by atoms with van der Waals surface area (Å²) in [7, 11) is 0. The van der Waals surface area contributed by atoms with E-state index in [-0.39, 0.29) is 29.8 Å². The van der Waals surface area contributed by atoms with Crippen molar-refractivity contribution in [3.05, 3.63) is 16.0 Å². The van der Waals surface area contributed by atoms with Crippen molar-refractivity contribution in [3.8, 4) is 0 Å². The first-order chi connectivity index (χ1) is 9.49. The summed E-state index contributed by atoms with van der Waals surface area (Å²) in [5.41, 5.74) is 6.05. The molecule has 3 nitrogen and oxygen atoms in total. The van der Waals surface area contributed by atoms with Crippen molar-refractivity contribution in [3.63, 3.8) is 0 Å². The van der Waals surface area contributed by atoms with Crippen LogP contribution >= 0.6 is 11.3 Å². The summed E-state index contributed by atoms with van der Waals surface area (Å²) in [6.45, 7) is 5.21. The maximum Gasteiger partial charge on any atom is 0.392 e. The quantitative estimate of drug-likeness (QED) is 0.797. The summed E-state index contributed by atoms with van der Waals surface area (Å²) < 4.78 is 43.7. The first-order valence-electron chi connectivity index (χ1n) is 6.69. The van der Waals surface area contributed by atoms with Crippen LogP contribution in [0.25, 0.3) is 0 Å². The molecule has 0 saturated heterocycles. The predicted molar refractivity (Wildman–Crippen MR) is 75.5 cm³/mol. The Labute approximate surface area is 125 Å². The Balaban J connectivity index is 2.29. The lowest BCUT2D eigenvalue weighted by atomic mass is 9.86. The van der Waals surface area contributed by atoms with Gasteiger partial charge in [-0.2, -0.15) is 13.2 Å². The fraction of sp³-hybridized carbons (Fsp3) is 0.643. The Hall–Kier alpha value is -1.24. The highest BCUT2D eigenvalue weighted by atomic mass is 32.1. The van der Waals surface area contributed by atoms with Gasteiger partial charge in [0.15, 0.2) is 0 Å². The Morgan fingerprint density at radius 1 is 1.33 bits per heavy atom. The fourth-order valence-electron chi connectivity index (χ4n) is 2.44. The molecule has 1 aromatic rings. The van der Waals surface area contributed by atoms with Crippen LogP contribution in [0.4, 0.5) is 18.2 Å².